The van der Waals surface area contributed by atoms with Gasteiger partial charge in [-0.25, -0.2) is 4.79 Å². The zero-order chi connectivity index (χ0) is 15.6. The van der Waals surface area contributed by atoms with Crippen molar-refractivity contribution in [3.8, 4) is 5.75 Å². The number of nitrogens with two attached hydrogens (primary N) is 1. The smallest absolute Gasteiger partial charge is 0.326 e. The number of hydrogen-bond donors (Lipinski definition) is 4. The van der Waals surface area contributed by atoms with Gasteiger partial charge in [0.25, 0.3) is 0 Å². The summed E-state index contributed by atoms with van der Waals surface area (Å²) in [7, 11) is 0. The van der Waals surface area contributed by atoms with Gasteiger partial charge in [-0.3, -0.25) is 4.79 Å². The third-order valence-electron chi connectivity index (χ3n) is 3.56. The molecule has 7 heteroatoms. The lowest BCUT2D eigenvalue weighted by atomic mass is 10.0. The van der Waals surface area contributed by atoms with Crippen molar-refractivity contribution >= 4 is 11.9 Å². The van der Waals surface area contributed by atoms with E-state index in [2.05, 4.69) is 0 Å². The van der Waals surface area contributed by atoms with Crippen LogP contribution in [0.1, 0.15) is 12.0 Å². The first-order chi connectivity index (χ1) is 9.88. The molecule has 114 valence electrons. The van der Waals surface area contributed by atoms with Gasteiger partial charge in [0.15, 0.2) is 0 Å². The first kappa shape index (κ1) is 15.3. The Morgan fingerprint density at radius 1 is 1.33 bits per heavy atom. The summed E-state index contributed by atoms with van der Waals surface area (Å²) in [6.45, 7) is -0.0148. The van der Waals surface area contributed by atoms with Crippen molar-refractivity contribution in [2.75, 3.05) is 6.54 Å². The maximum Gasteiger partial charge on any atom is 0.326 e. The molecule has 3 atom stereocenters. The maximum absolute atomic E-state index is 12.3. The minimum absolute atomic E-state index is 0.0148. The summed E-state index contributed by atoms with van der Waals surface area (Å²) >= 11 is 0. The molecule has 1 heterocycles. The predicted molar refractivity (Wildman–Crippen MR) is 73.5 cm³/mol. The number of phenols is 1. The molecule has 1 aromatic rings. The van der Waals surface area contributed by atoms with Gasteiger partial charge in [-0.2, -0.15) is 0 Å². The standard InChI is InChI=1S/C14H18N2O5/c15-11(5-8-1-3-9(17)4-2-8)13(19)16-7-10(18)6-12(16)14(20)21/h1-4,10-12,17-18H,5-7,15H2,(H,20,21)/t10-,11?,12-/m1/s1. The monoisotopic (exact) mass is 294 g/mol. The molecule has 1 unspecified atom stereocenters. The fourth-order valence-electron chi connectivity index (χ4n) is 2.48. The Labute approximate surface area is 121 Å². The number of hydrogen-bond acceptors (Lipinski definition) is 5. The van der Waals surface area contributed by atoms with Gasteiger partial charge >= 0.3 is 5.97 Å². The number of carbonyl (C=O) groups excluding carboxylic acids is 1. The molecule has 1 saturated heterocycles. The second-order valence-electron chi connectivity index (χ2n) is 5.21. The van der Waals surface area contributed by atoms with Gasteiger partial charge in [0.2, 0.25) is 5.91 Å². The number of nitrogens with zero attached hydrogens (tertiary/aromatic N) is 1. The molecule has 0 saturated carbocycles. The van der Waals surface area contributed by atoms with Crippen molar-refractivity contribution in [1.82, 2.24) is 4.90 Å². The number of aliphatic carboxylic acids is 1. The molecule has 5 N–H and O–H groups in total. The van der Waals surface area contributed by atoms with E-state index < -0.39 is 30.1 Å². The van der Waals surface area contributed by atoms with E-state index in [-0.39, 0.29) is 25.1 Å². The molecule has 0 bridgehead atoms. The largest absolute Gasteiger partial charge is 0.508 e. The first-order valence-electron chi connectivity index (χ1n) is 6.63. The SMILES string of the molecule is NC(Cc1ccc(O)cc1)C(=O)N1C[C@H](O)C[C@@H]1C(=O)O. The van der Waals surface area contributed by atoms with Gasteiger partial charge < -0.3 is 26.0 Å². The van der Waals surface area contributed by atoms with Gasteiger partial charge in [-0.15, -0.1) is 0 Å². The van der Waals surface area contributed by atoms with Gasteiger partial charge in [0.05, 0.1) is 12.1 Å². The van der Waals surface area contributed by atoms with Crippen molar-refractivity contribution in [1.29, 1.82) is 0 Å². The number of aliphatic hydroxyl groups is 1. The molecule has 1 aliphatic rings. The highest BCUT2D eigenvalue weighted by molar-refractivity contribution is 5.87. The second kappa shape index (κ2) is 6.11. The Morgan fingerprint density at radius 2 is 1.95 bits per heavy atom. The summed E-state index contributed by atoms with van der Waals surface area (Å²) in [5.74, 6) is -1.52. The van der Waals surface area contributed by atoms with Crippen LogP contribution in [0.4, 0.5) is 0 Å². The number of benzene rings is 1. The van der Waals surface area contributed by atoms with E-state index in [0.717, 1.165) is 10.5 Å². The van der Waals surface area contributed by atoms with Crippen LogP contribution in [0.5, 0.6) is 5.75 Å². The molecule has 1 fully saturated rings. The van der Waals surface area contributed by atoms with Crippen molar-refractivity contribution in [3.05, 3.63) is 29.8 Å². The highest BCUT2D eigenvalue weighted by Crippen LogP contribution is 2.20. The van der Waals surface area contributed by atoms with Gasteiger partial charge in [-0.05, 0) is 24.1 Å². The van der Waals surface area contributed by atoms with Crippen molar-refractivity contribution in [2.24, 2.45) is 5.73 Å². The van der Waals surface area contributed by atoms with Gasteiger partial charge in [-0.1, -0.05) is 12.1 Å². The van der Waals surface area contributed by atoms with E-state index in [1.807, 2.05) is 0 Å². The van der Waals surface area contributed by atoms with Crippen LogP contribution in [0.25, 0.3) is 0 Å². The molecule has 21 heavy (non-hydrogen) atoms. The number of β-amino-alcohol motifs (C(OH)–C–C–N with tert-alkyl or cyclic N) is 1. The first-order valence-corrected chi connectivity index (χ1v) is 6.63. The molecule has 0 aliphatic carbocycles. The average molecular weight is 294 g/mol. The highest BCUT2D eigenvalue weighted by Gasteiger charge is 2.40. The third kappa shape index (κ3) is 3.50. The second-order valence-corrected chi connectivity index (χ2v) is 5.21. The van der Waals surface area contributed by atoms with Gasteiger partial charge in [0.1, 0.15) is 11.8 Å². The summed E-state index contributed by atoms with van der Waals surface area (Å²) < 4.78 is 0. The topological polar surface area (TPSA) is 124 Å². The van der Waals surface area contributed by atoms with E-state index in [9.17, 15) is 19.8 Å². The van der Waals surface area contributed by atoms with Crippen LogP contribution in [-0.4, -0.2) is 56.8 Å². The number of aromatic hydroxyl groups is 1. The molecule has 2 rings (SSSR count). The Morgan fingerprint density at radius 3 is 2.52 bits per heavy atom. The third-order valence-corrected chi connectivity index (χ3v) is 3.56. The zero-order valence-electron chi connectivity index (χ0n) is 11.3. The fraction of sp³-hybridized carbons (Fsp3) is 0.429. The Kier molecular flexibility index (Phi) is 4.44. The van der Waals surface area contributed by atoms with Crippen LogP contribution in [0.3, 0.4) is 0 Å². The minimum atomic E-state index is -1.14. The van der Waals surface area contributed by atoms with Crippen LogP contribution in [0.15, 0.2) is 24.3 Å². The number of carboxylic acids is 1. The van der Waals surface area contributed by atoms with E-state index in [4.69, 9.17) is 10.8 Å². The summed E-state index contributed by atoms with van der Waals surface area (Å²) in [5.41, 5.74) is 6.61. The van der Waals surface area contributed by atoms with E-state index in [0.29, 0.717) is 0 Å². The summed E-state index contributed by atoms with van der Waals surface area (Å²) in [4.78, 5) is 24.5. The number of rotatable bonds is 4. The normalized spacial score (nSPS) is 23.0. The summed E-state index contributed by atoms with van der Waals surface area (Å²) in [6, 6.07) is 4.37. The van der Waals surface area contributed by atoms with E-state index >= 15 is 0 Å². The summed E-state index contributed by atoms with van der Waals surface area (Å²) in [6.07, 6.45) is -0.582. The number of carbonyl (C=O) groups is 2. The fourth-order valence-corrected chi connectivity index (χ4v) is 2.48. The Hall–Kier alpha value is -2.12. The number of amides is 1. The molecular formula is C14H18N2O5. The predicted octanol–water partition coefficient (Wildman–Crippen LogP) is -0.692. The Bertz CT molecular complexity index is 531. The molecule has 0 spiro atoms. The van der Waals surface area contributed by atoms with Crippen LogP contribution in [0.2, 0.25) is 0 Å². The van der Waals surface area contributed by atoms with Crippen LogP contribution < -0.4 is 5.73 Å². The Balaban J connectivity index is 2.04. The van der Waals surface area contributed by atoms with E-state index in [1.165, 1.54) is 12.1 Å². The van der Waals surface area contributed by atoms with Crippen LogP contribution in [0, 0.1) is 0 Å². The number of carboxylic acid groups (broad SMARTS) is 1. The molecule has 0 aromatic heterocycles. The molecular weight excluding hydrogens is 276 g/mol. The number of phenolic OH excluding ortho intramolecular Hbond substituents is 1. The van der Waals surface area contributed by atoms with Crippen LogP contribution in [-0.2, 0) is 16.0 Å². The highest BCUT2D eigenvalue weighted by atomic mass is 16.4. The van der Waals surface area contributed by atoms with E-state index in [1.54, 1.807) is 12.1 Å². The average Bonchev–Trinajstić information content (AvgIpc) is 2.82. The van der Waals surface area contributed by atoms with Gasteiger partial charge in [0, 0.05) is 13.0 Å². The van der Waals surface area contributed by atoms with Crippen molar-refractivity contribution in [3.63, 3.8) is 0 Å². The van der Waals surface area contributed by atoms with Crippen molar-refractivity contribution < 1.29 is 24.9 Å². The zero-order valence-corrected chi connectivity index (χ0v) is 11.3. The lowest BCUT2D eigenvalue weighted by Crippen LogP contribution is -2.49. The molecule has 1 amide bonds. The molecule has 0 radical (unpaired) electrons. The molecule has 1 aliphatic heterocycles. The summed E-state index contributed by atoms with van der Waals surface area (Å²) in [5, 5.41) is 27.8. The quantitative estimate of drug-likeness (QED) is 0.582. The van der Waals surface area contributed by atoms with Crippen molar-refractivity contribution in [2.45, 2.75) is 31.0 Å². The lowest BCUT2D eigenvalue weighted by molar-refractivity contribution is -0.148. The number of aliphatic hydroxyl groups excluding tert-OH is 1. The maximum atomic E-state index is 12.3. The minimum Gasteiger partial charge on any atom is -0.508 e. The molecule has 7 nitrogen and oxygen atoms in total. The number of likely N-dealkylation sites (tertiary alicyclic amines) is 1. The molecule has 1 aromatic carbocycles. The van der Waals surface area contributed by atoms with Crippen LogP contribution >= 0.6 is 0 Å². The lowest BCUT2D eigenvalue weighted by Gasteiger charge is -2.24.